The summed E-state index contributed by atoms with van der Waals surface area (Å²) in [6.07, 6.45) is 4.78. The van der Waals surface area contributed by atoms with E-state index in [-0.39, 0.29) is 17.9 Å². The molecule has 6 nitrogen and oxygen atoms in total. The number of amides is 2. The number of hydrogen-bond donors (Lipinski definition) is 0. The number of hydrogen-bond acceptors (Lipinski definition) is 4. The SMILES string of the molecule is CCN1CCCN(C(=O)[C@@H]2[C@@H]3C=C[C@@]4(CN(Cc5ccc(C)c(C)c5)C(=O)[C@H]24)O3)CC1. The van der Waals surface area contributed by atoms with Crippen LogP contribution in [0.5, 0.6) is 0 Å². The molecule has 4 atom stereocenters. The van der Waals surface area contributed by atoms with Crippen LogP contribution in [0.3, 0.4) is 0 Å². The standard InChI is InChI=1S/C25H33N3O3/c1-4-26-10-5-11-27(13-12-26)23(29)21-20-8-9-25(31-20)16-28(24(30)22(21)25)15-19-7-6-17(2)18(3)14-19/h6-9,14,20-22H,4-5,10-13,15-16H2,1-3H3/t20-,21+,22-,25-/m0/s1. The third-order valence-corrected chi connectivity index (χ3v) is 7.76. The first-order valence-electron chi connectivity index (χ1n) is 11.6. The van der Waals surface area contributed by atoms with Crippen molar-refractivity contribution in [2.75, 3.05) is 39.3 Å². The van der Waals surface area contributed by atoms with Gasteiger partial charge in [0.1, 0.15) is 5.60 Å². The predicted molar refractivity (Wildman–Crippen MR) is 118 cm³/mol. The summed E-state index contributed by atoms with van der Waals surface area (Å²) in [5.74, 6) is -0.628. The summed E-state index contributed by atoms with van der Waals surface area (Å²) in [4.78, 5) is 33.4. The minimum atomic E-state index is -0.636. The normalized spacial score (nSPS) is 32.6. The van der Waals surface area contributed by atoms with Gasteiger partial charge in [0, 0.05) is 26.2 Å². The minimum absolute atomic E-state index is 0.0634. The van der Waals surface area contributed by atoms with Crippen molar-refractivity contribution < 1.29 is 14.3 Å². The maximum atomic E-state index is 13.6. The summed E-state index contributed by atoms with van der Waals surface area (Å²) < 4.78 is 6.33. The first-order valence-corrected chi connectivity index (χ1v) is 11.6. The summed E-state index contributed by atoms with van der Waals surface area (Å²) in [7, 11) is 0. The van der Waals surface area contributed by atoms with E-state index in [9.17, 15) is 9.59 Å². The van der Waals surface area contributed by atoms with Crippen molar-refractivity contribution in [1.82, 2.24) is 14.7 Å². The molecule has 4 aliphatic heterocycles. The topological polar surface area (TPSA) is 53.1 Å². The van der Waals surface area contributed by atoms with Gasteiger partial charge in [0.15, 0.2) is 0 Å². The number of fused-ring (bicyclic) bond motifs is 1. The summed E-state index contributed by atoms with van der Waals surface area (Å²) in [6.45, 7) is 11.9. The third kappa shape index (κ3) is 3.40. The van der Waals surface area contributed by atoms with E-state index in [0.717, 1.165) is 44.7 Å². The highest BCUT2D eigenvalue weighted by Crippen LogP contribution is 2.52. The van der Waals surface area contributed by atoms with Crippen LogP contribution in [0.1, 0.15) is 30.0 Å². The molecule has 1 aromatic carbocycles. The highest BCUT2D eigenvalue weighted by atomic mass is 16.5. The lowest BCUT2D eigenvalue weighted by atomic mass is 9.76. The summed E-state index contributed by atoms with van der Waals surface area (Å²) >= 11 is 0. The first-order chi connectivity index (χ1) is 14.9. The molecule has 31 heavy (non-hydrogen) atoms. The van der Waals surface area contributed by atoms with E-state index in [1.807, 2.05) is 22.0 Å². The van der Waals surface area contributed by atoms with E-state index in [4.69, 9.17) is 4.74 Å². The van der Waals surface area contributed by atoms with Crippen molar-refractivity contribution >= 4 is 11.8 Å². The molecule has 0 aliphatic carbocycles. The van der Waals surface area contributed by atoms with Crippen LogP contribution in [-0.4, -0.2) is 77.5 Å². The molecule has 2 bridgehead atoms. The largest absolute Gasteiger partial charge is 0.360 e. The molecule has 6 heteroatoms. The fraction of sp³-hybridized carbons (Fsp3) is 0.600. The van der Waals surface area contributed by atoms with Gasteiger partial charge in [-0.05, 0) is 50.0 Å². The summed E-state index contributed by atoms with van der Waals surface area (Å²) in [5, 5.41) is 0. The predicted octanol–water partition coefficient (Wildman–Crippen LogP) is 2.14. The van der Waals surface area contributed by atoms with Gasteiger partial charge in [-0.3, -0.25) is 9.59 Å². The number of rotatable bonds is 4. The van der Waals surface area contributed by atoms with Gasteiger partial charge in [-0.2, -0.15) is 0 Å². The van der Waals surface area contributed by atoms with Gasteiger partial charge < -0.3 is 19.4 Å². The molecule has 4 heterocycles. The van der Waals surface area contributed by atoms with Crippen molar-refractivity contribution in [1.29, 1.82) is 0 Å². The Hall–Kier alpha value is -2.18. The molecule has 166 valence electrons. The number of carbonyl (C=O) groups is 2. The fourth-order valence-electron chi connectivity index (χ4n) is 5.83. The Morgan fingerprint density at radius 3 is 2.77 bits per heavy atom. The van der Waals surface area contributed by atoms with E-state index >= 15 is 0 Å². The molecule has 0 N–H and O–H groups in total. The molecule has 0 aromatic heterocycles. The van der Waals surface area contributed by atoms with Crippen LogP contribution in [0, 0.1) is 25.7 Å². The van der Waals surface area contributed by atoms with Crippen molar-refractivity contribution in [2.45, 2.75) is 45.4 Å². The summed E-state index contributed by atoms with van der Waals surface area (Å²) in [6, 6.07) is 6.36. The quantitative estimate of drug-likeness (QED) is 0.697. The maximum Gasteiger partial charge on any atom is 0.230 e. The van der Waals surface area contributed by atoms with Gasteiger partial charge in [-0.15, -0.1) is 0 Å². The smallest absolute Gasteiger partial charge is 0.230 e. The van der Waals surface area contributed by atoms with Crippen molar-refractivity contribution in [2.24, 2.45) is 11.8 Å². The second-order valence-electron chi connectivity index (χ2n) is 9.63. The molecule has 1 aromatic rings. The van der Waals surface area contributed by atoms with Crippen LogP contribution in [0.2, 0.25) is 0 Å². The number of aryl methyl sites for hydroxylation is 2. The van der Waals surface area contributed by atoms with Crippen LogP contribution < -0.4 is 0 Å². The lowest BCUT2D eigenvalue weighted by Crippen LogP contribution is -2.47. The number of benzene rings is 1. The van der Waals surface area contributed by atoms with Crippen LogP contribution in [0.4, 0.5) is 0 Å². The number of nitrogens with zero attached hydrogens (tertiary/aromatic N) is 3. The molecule has 3 fully saturated rings. The lowest BCUT2D eigenvalue weighted by molar-refractivity contribution is -0.143. The Morgan fingerprint density at radius 1 is 1.16 bits per heavy atom. The van der Waals surface area contributed by atoms with E-state index in [0.29, 0.717) is 13.1 Å². The van der Waals surface area contributed by atoms with Gasteiger partial charge in [0.2, 0.25) is 11.8 Å². The number of likely N-dealkylation sites (N-methyl/N-ethyl adjacent to an activating group) is 1. The molecule has 2 amide bonds. The average Bonchev–Trinajstić information content (AvgIpc) is 3.31. The van der Waals surface area contributed by atoms with Gasteiger partial charge in [0.25, 0.3) is 0 Å². The van der Waals surface area contributed by atoms with Gasteiger partial charge in [-0.1, -0.05) is 37.3 Å². The zero-order chi connectivity index (χ0) is 21.8. The third-order valence-electron chi connectivity index (χ3n) is 7.76. The molecule has 0 unspecified atom stereocenters. The maximum absolute atomic E-state index is 13.6. The number of likely N-dealkylation sites (tertiary alicyclic amines) is 1. The Morgan fingerprint density at radius 2 is 2.00 bits per heavy atom. The van der Waals surface area contributed by atoms with Crippen molar-refractivity contribution in [3.8, 4) is 0 Å². The average molecular weight is 424 g/mol. The highest BCUT2D eigenvalue weighted by Gasteiger charge is 2.67. The molecule has 5 rings (SSSR count). The number of ether oxygens (including phenoxy) is 1. The Labute approximate surface area is 184 Å². The molecule has 0 radical (unpaired) electrons. The Balaban J connectivity index is 1.35. The second kappa shape index (κ2) is 7.75. The molecule has 1 spiro atoms. The monoisotopic (exact) mass is 423 g/mol. The zero-order valence-electron chi connectivity index (χ0n) is 18.8. The van der Waals surface area contributed by atoms with E-state index < -0.39 is 17.4 Å². The van der Waals surface area contributed by atoms with Crippen LogP contribution in [0.15, 0.2) is 30.4 Å². The Bertz CT molecular complexity index is 929. The van der Waals surface area contributed by atoms with Crippen molar-refractivity contribution in [3.05, 3.63) is 47.0 Å². The van der Waals surface area contributed by atoms with Gasteiger partial charge in [0.05, 0.1) is 24.5 Å². The summed E-state index contributed by atoms with van der Waals surface area (Å²) in [5.41, 5.74) is 2.97. The van der Waals surface area contributed by atoms with E-state index in [1.54, 1.807) is 0 Å². The Kier molecular flexibility index (Phi) is 5.18. The first kappa shape index (κ1) is 20.7. The minimum Gasteiger partial charge on any atom is -0.360 e. The molecule has 0 saturated carbocycles. The highest BCUT2D eigenvalue weighted by molar-refractivity contribution is 5.93. The molecule has 3 saturated heterocycles. The van der Waals surface area contributed by atoms with Crippen LogP contribution in [0.25, 0.3) is 0 Å². The van der Waals surface area contributed by atoms with E-state index in [2.05, 4.69) is 43.9 Å². The van der Waals surface area contributed by atoms with Crippen molar-refractivity contribution in [3.63, 3.8) is 0 Å². The molecular weight excluding hydrogens is 390 g/mol. The van der Waals surface area contributed by atoms with Gasteiger partial charge >= 0.3 is 0 Å². The fourth-order valence-corrected chi connectivity index (χ4v) is 5.83. The zero-order valence-corrected chi connectivity index (χ0v) is 18.8. The molecular formula is C25H33N3O3. The number of carbonyl (C=O) groups excluding carboxylic acids is 2. The lowest BCUT2D eigenvalue weighted by Gasteiger charge is -2.29. The van der Waals surface area contributed by atoms with Crippen LogP contribution >= 0.6 is 0 Å². The van der Waals surface area contributed by atoms with Gasteiger partial charge in [-0.25, -0.2) is 0 Å². The molecule has 4 aliphatic rings. The second-order valence-corrected chi connectivity index (χ2v) is 9.63. The van der Waals surface area contributed by atoms with Crippen LogP contribution in [-0.2, 0) is 20.9 Å². The van der Waals surface area contributed by atoms with E-state index in [1.165, 1.54) is 11.1 Å².